The van der Waals surface area contributed by atoms with Crippen molar-refractivity contribution in [2.75, 3.05) is 39.0 Å². The van der Waals surface area contributed by atoms with E-state index in [1.54, 1.807) is 24.1 Å². The molecule has 1 fully saturated rings. The van der Waals surface area contributed by atoms with Crippen molar-refractivity contribution in [1.29, 1.82) is 0 Å². The molecule has 1 aromatic rings. The zero-order chi connectivity index (χ0) is 17.7. The van der Waals surface area contributed by atoms with E-state index in [9.17, 15) is 13.2 Å². The predicted octanol–water partition coefficient (Wildman–Crippen LogP) is 1.89. The highest BCUT2D eigenvalue weighted by molar-refractivity contribution is 7.89. The molecular formula is C17H26N2O4S. The van der Waals surface area contributed by atoms with E-state index in [0.717, 1.165) is 11.3 Å². The Hall–Kier alpha value is -1.60. The van der Waals surface area contributed by atoms with E-state index in [0.29, 0.717) is 44.6 Å². The molecule has 1 aromatic carbocycles. The summed E-state index contributed by atoms with van der Waals surface area (Å²) in [5.74, 6) is 0.855. The summed E-state index contributed by atoms with van der Waals surface area (Å²) < 4.78 is 31.2. The maximum Gasteiger partial charge on any atom is 0.253 e. The maximum atomic E-state index is 12.7. The van der Waals surface area contributed by atoms with Gasteiger partial charge in [0.1, 0.15) is 5.75 Å². The van der Waals surface area contributed by atoms with Crippen molar-refractivity contribution in [2.45, 2.75) is 26.7 Å². The number of hydrogen-bond acceptors (Lipinski definition) is 4. The Morgan fingerprint density at radius 2 is 1.96 bits per heavy atom. The van der Waals surface area contributed by atoms with Crippen LogP contribution in [0.1, 0.15) is 35.7 Å². The second kappa shape index (κ2) is 7.98. The van der Waals surface area contributed by atoms with Gasteiger partial charge in [0.2, 0.25) is 10.0 Å². The summed E-state index contributed by atoms with van der Waals surface area (Å²) in [5.41, 5.74) is 1.52. The third kappa shape index (κ3) is 4.27. The number of nitrogens with zero attached hydrogens (tertiary/aromatic N) is 2. The van der Waals surface area contributed by atoms with Crippen molar-refractivity contribution >= 4 is 15.9 Å². The quantitative estimate of drug-likeness (QED) is 0.810. The van der Waals surface area contributed by atoms with Crippen LogP contribution in [0.2, 0.25) is 0 Å². The van der Waals surface area contributed by atoms with Crippen LogP contribution in [0.15, 0.2) is 18.2 Å². The number of amides is 1. The topological polar surface area (TPSA) is 66.9 Å². The highest BCUT2D eigenvalue weighted by atomic mass is 32.2. The average molecular weight is 354 g/mol. The van der Waals surface area contributed by atoms with Crippen molar-refractivity contribution in [3.05, 3.63) is 29.3 Å². The Labute approximate surface area is 144 Å². The first-order valence-corrected chi connectivity index (χ1v) is 9.91. The molecule has 0 N–H and O–H groups in total. The standard InChI is InChI=1S/C17H26N2O4S/c1-4-12-24(21,22)19-9-5-8-18(10-11-19)17(20)15-6-7-16(23-3)14(2)13-15/h6-7,13H,4-5,8-12H2,1-3H3. The summed E-state index contributed by atoms with van der Waals surface area (Å²) >= 11 is 0. The van der Waals surface area contributed by atoms with E-state index in [2.05, 4.69) is 0 Å². The number of aryl methyl sites for hydroxylation is 1. The number of rotatable bonds is 5. The molecule has 1 saturated heterocycles. The highest BCUT2D eigenvalue weighted by Gasteiger charge is 2.26. The lowest BCUT2D eigenvalue weighted by atomic mass is 10.1. The van der Waals surface area contributed by atoms with Crippen LogP contribution in [-0.2, 0) is 10.0 Å². The molecular weight excluding hydrogens is 328 g/mol. The van der Waals surface area contributed by atoms with Crippen molar-refractivity contribution in [3.63, 3.8) is 0 Å². The van der Waals surface area contributed by atoms with Crippen LogP contribution in [0.5, 0.6) is 5.75 Å². The third-order valence-corrected chi connectivity index (χ3v) is 6.32. The summed E-state index contributed by atoms with van der Waals surface area (Å²) in [6.45, 7) is 5.60. The fourth-order valence-corrected chi connectivity index (χ4v) is 4.50. The Balaban J connectivity index is 2.08. The molecule has 0 radical (unpaired) electrons. The zero-order valence-corrected chi connectivity index (χ0v) is 15.4. The van der Waals surface area contributed by atoms with Gasteiger partial charge in [0, 0.05) is 31.7 Å². The summed E-state index contributed by atoms with van der Waals surface area (Å²) in [4.78, 5) is 14.4. The number of ether oxygens (including phenoxy) is 1. The summed E-state index contributed by atoms with van der Waals surface area (Å²) in [5, 5.41) is 0. The number of carbonyl (C=O) groups is 1. The lowest BCUT2D eigenvalue weighted by Gasteiger charge is -2.22. The first kappa shape index (κ1) is 18.7. The van der Waals surface area contributed by atoms with Crippen LogP contribution >= 0.6 is 0 Å². The molecule has 24 heavy (non-hydrogen) atoms. The number of benzene rings is 1. The SMILES string of the molecule is CCCS(=O)(=O)N1CCCN(C(=O)c2ccc(OC)c(C)c2)CC1. The van der Waals surface area contributed by atoms with Gasteiger partial charge < -0.3 is 9.64 Å². The molecule has 0 spiro atoms. The average Bonchev–Trinajstić information content (AvgIpc) is 2.80. The second-order valence-electron chi connectivity index (χ2n) is 6.05. The summed E-state index contributed by atoms with van der Waals surface area (Å²) in [6, 6.07) is 5.36. The number of carbonyl (C=O) groups excluding carboxylic acids is 1. The highest BCUT2D eigenvalue weighted by Crippen LogP contribution is 2.20. The van der Waals surface area contributed by atoms with Crippen molar-refractivity contribution < 1.29 is 17.9 Å². The van der Waals surface area contributed by atoms with Crippen LogP contribution in [0, 0.1) is 6.92 Å². The normalized spacial score (nSPS) is 16.7. The van der Waals surface area contributed by atoms with Gasteiger partial charge in [-0.05, 0) is 43.5 Å². The Morgan fingerprint density at radius 3 is 2.58 bits per heavy atom. The van der Waals surface area contributed by atoms with E-state index in [1.807, 2.05) is 19.9 Å². The smallest absolute Gasteiger partial charge is 0.253 e. The van der Waals surface area contributed by atoms with E-state index in [4.69, 9.17) is 4.74 Å². The van der Waals surface area contributed by atoms with E-state index in [1.165, 1.54) is 4.31 Å². The zero-order valence-electron chi connectivity index (χ0n) is 14.6. The Kier molecular flexibility index (Phi) is 6.23. The summed E-state index contributed by atoms with van der Waals surface area (Å²) in [7, 11) is -1.61. The van der Waals surface area contributed by atoms with Gasteiger partial charge in [0.05, 0.1) is 12.9 Å². The molecule has 0 saturated carbocycles. The van der Waals surface area contributed by atoms with E-state index >= 15 is 0 Å². The predicted molar refractivity (Wildman–Crippen MR) is 93.9 cm³/mol. The number of hydrogen-bond donors (Lipinski definition) is 0. The Bertz CT molecular complexity index is 688. The maximum absolute atomic E-state index is 12.7. The molecule has 1 aliphatic heterocycles. The molecule has 0 unspecified atom stereocenters. The Morgan fingerprint density at radius 1 is 1.21 bits per heavy atom. The third-order valence-electron chi connectivity index (χ3n) is 4.24. The van der Waals surface area contributed by atoms with Crippen molar-refractivity contribution in [2.24, 2.45) is 0 Å². The van der Waals surface area contributed by atoms with Gasteiger partial charge >= 0.3 is 0 Å². The van der Waals surface area contributed by atoms with E-state index in [-0.39, 0.29) is 11.7 Å². The molecule has 2 rings (SSSR count). The lowest BCUT2D eigenvalue weighted by Crippen LogP contribution is -2.38. The molecule has 0 aliphatic carbocycles. The fourth-order valence-electron chi connectivity index (χ4n) is 2.96. The lowest BCUT2D eigenvalue weighted by molar-refractivity contribution is 0.0764. The van der Waals surface area contributed by atoms with Crippen LogP contribution < -0.4 is 4.74 Å². The van der Waals surface area contributed by atoms with Gasteiger partial charge in [0.15, 0.2) is 0 Å². The van der Waals surface area contributed by atoms with Crippen LogP contribution in [-0.4, -0.2) is 62.6 Å². The van der Waals surface area contributed by atoms with Crippen LogP contribution in [0.25, 0.3) is 0 Å². The fraction of sp³-hybridized carbons (Fsp3) is 0.588. The molecule has 1 aliphatic rings. The first-order chi connectivity index (χ1) is 11.4. The van der Waals surface area contributed by atoms with Crippen LogP contribution in [0.3, 0.4) is 0 Å². The summed E-state index contributed by atoms with van der Waals surface area (Å²) in [6.07, 6.45) is 1.26. The van der Waals surface area contributed by atoms with Gasteiger partial charge in [-0.25, -0.2) is 12.7 Å². The van der Waals surface area contributed by atoms with Crippen molar-refractivity contribution in [1.82, 2.24) is 9.21 Å². The van der Waals surface area contributed by atoms with Crippen LogP contribution in [0.4, 0.5) is 0 Å². The molecule has 0 atom stereocenters. The van der Waals surface area contributed by atoms with Crippen molar-refractivity contribution in [3.8, 4) is 5.75 Å². The van der Waals surface area contributed by atoms with Gasteiger partial charge in [0.25, 0.3) is 5.91 Å². The molecule has 1 amide bonds. The van der Waals surface area contributed by atoms with Gasteiger partial charge in [-0.15, -0.1) is 0 Å². The van der Waals surface area contributed by atoms with E-state index < -0.39 is 10.0 Å². The molecule has 6 nitrogen and oxygen atoms in total. The minimum Gasteiger partial charge on any atom is -0.496 e. The largest absolute Gasteiger partial charge is 0.496 e. The molecule has 134 valence electrons. The van der Waals surface area contributed by atoms with Gasteiger partial charge in [-0.3, -0.25) is 4.79 Å². The first-order valence-electron chi connectivity index (χ1n) is 8.30. The molecule has 1 heterocycles. The molecule has 0 aromatic heterocycles. The molecule has 0 bridgehead atoms. The number of sulfonamides is 1. The van der Waals surface area contributed by atoms with Gasteiger partial charge in [-0.1, -0.05) is 6.92 Å². The second-order valence-corrected chi connectivity index (χ2v) is 8.13. The molecule has 7 heteroatoms. The van der Waals surface area contributed by atoms with Gasteiger partial charge in [-0.2, -0.15) is 0 Å². The monoisotopic (exact) mass is 354 g/mol. The minimum absolute atomic E-state index is 0.0597. The minimum atomic E-state index is -3.21. The number of methoxy groups -OCH3 is 1.